The number of esters is 2. The molecule has 0 spiro atoms. The number of methoxy groups -OCH3 is 1. The fourth-order valence-electron chi connectivity index (χ4n) is 4.14. The number of carbonyl (C=O) groups is 3. The lowest BCUT2D eigenvalue weighted by atomic mass is 9.72. The van der Waals surface area contributed by atoms with Crippen molar-refractivity contribution < 1.29 is 23.9 Å². The molecule has 0 N–H and O–H groups in total. The van der Waals surface area contributed by atoms with Gasteiger partial charge in [-0.25, -0.2) is 0 Å². The predicted octanol–water partition coefficient (Wildman–Crippen LogP) is 4.91. The van der Waals surface area contributed by atoms with Crippen LogP contribution in [0.5, 0.6) is 5.75 Å². The van der Waals surface area contributed by atoms with Gasteiger partial charge in [0, 0.05) is 27.4 Å². The van der Waals surface area contributed by atoms with Crippen LogP contribution in [0, 0.1) is 11.8 Å². The van der Waals surface area contributed by atoms with E-state index in [0.717, 1.165) is 15.2 Å². The summed E-state index contributed by atoms with van der Waals surface area (Å²) in [5, 5.41) is 1.78. The van der Waals surface area contributed by atoms with Gasteiger partial charge in [-0.05, 0) is 29.0 Å². The Morgan fingerprint density at radius 3 is 2.43 bits per heavy atom. The number of halogens is 1. The zero-order chi connectivity index (χ0) is 21.4. The zero-order valence-corrected chi connectivity index (χ0v) is 18.0. The summed E-state index contributed by atoms with van der Waals surface area (Å²) in [7, 11) is 1.23. The summed E-state index contributed by atoms with van der Waals surface area (Å²) in [6.45, 7) is 1.75. The monoisotopic (exact) mass is 466 g/mol. The molecule has 0 saturated carbocycles. The molecule has 4 rings (SSSR count). The van der Waals surface area contributed by atoms with Gasteiger partial charge >= 0.3 is 11.9 Å². The van der Waals surface area contributed by atoms with E-state index in [9.17, 15) is 14.4 Å². The van der Waals surface area contributed by atoms with Crippen molar-refractivity contribution in [3.05, 3.63) is 76.3 Å². The van der Waals surface area contributed by atoms with E-state index in [4.69, 9.17) is 9.47 Å². The molecule has 6 heteroatoms. The molecule has 0 radical (unpaired) electrons. The van der Waals surface area contributed by atoms with Crippen LogP contribution >= 0.6 is 15.9 Å². The van der Waals surface area contributed by atoms with E-state index in [2.05, 4.69) is 15.9 Å². The zero-order valence-electron chi connectivity index (χ0n) is 16.4. The number of carbonyl (C=O) groups excluding carboxylic acids is 3. The molecule has 3 aromatic carbocycles. The predicted molar refractivity (Wildman–Crippen MR) is 115 cm³/mol. The average Bonchev–Trinajstić information content (AvgIpc) is 2.77. The number of benzene rings is 3. The van der Waals surface area contributed by atoms with Crippen molar-refractivity contribution >= 4 is 44.4 Å². The molecular formula is C24H19BrO5. The first-order chi connectivity index (χ1) is 14.4. The Bertz CT molecular complexity index is 1150. The third kappa shape index (κ3) is 3.41. The maximum absolute atomic E-state index is 13.3. The molecule has 0 bridgehead atoms. The molecule has 0 fully saturated rings. The van der Waals surface area contributed by atoms with Gasteiger partial charge in [0.2, 0.25) is 0 Å². The van der Waals surface area contributed by atoms with Crippen LogP contribution in [-0.2, 0) is 14.3 Å². The first-order valence-electron chi connectivity index (χ1n) is 9.53. The van der Waals surface area contributed by atoms with Crippen LogP contribution in [0.3, 0.4) is 0 Å². The van der Waals surface area contributed by atoms with E-state index in [1.807, 2.05) is 30.3 Å². The van der Waals surface area contributed by atoms with Gasteiger partial charge in [0.1, 0.15) is 5.75 Å². The maximum atomic E-state index is 13.3. The summed E-state index contributed by atoms with van der Waals surface area (Å²) in [6, 6.07) is 18.2. The van der Waals surface area contributed by atoms with Crippen molar-refractivity contribution in [3.63, 3.8) is 0 Å². The van der Waals surface area contributed by atoms with E-state index in [1.165, 1.54) is 7.11 Å². The summed E-state index contributed by atoms with van der Waals surface area (Å²) >= 11 is 3.37. The second-order valence-corrected chi connectivity index (χ2v) is 8.22. The minimum Gasteiger partial charge on any atom is -0.468 e. The molecule has 0 amide bonds. The van der Waals surface area contributed by atoms with Crippen molar-refractivity contribution in [2.24, 2.45) is 11.8 Å². The van der Waals surface area contributed by atoms with Gasteiger partial charge in [-0.3, -0.25) is 14.4 Å². The largest absolute Gasteiger partial charge is 0.468 e. The summed E-state index contributed by atoms with van der Waals surface area (Å²) in [6.07, 6.45) is 0. The molecule has 0 aromatic heterocycles. The first-order valence-corrected chi connectivity index (χ1v) is 10.3. The van der Waals surface area contributed by atoms with Crippen molar-refractivity contribution in [1.82, 2.24) is 0 Å². The Morgan fingerprint density at radius 1 is 1.03 bits per heavy atom. The highest BCUT2D eigenvalue weighted by molar-refractivity contribution is 9.10. The van der Waals surface area contributed by atoms with Gasteiger partial charge in [-0.1, -0.05) is 65.3 Å². The molecule has 3 atom stereocenters. The van der Waals surface area contributed by atoms with Crippen LogP contribution in [0.2, 0.25) is 0 Å². The third-order valence-electron chi connectivity index (χ3n) is 5.62. The number of ketones is 1. The first kappa shape index (κ1) is 20.3. The summed E-state index contributed by atoms with van der Waals surface area (Å²) in [5.74, 6) is -3.79. The highest BCUT2D eigenvalue weighted by Gasteiger charge is 2.48. The molecule has 152 valence electrons. The van der Waals surface area contributed by atoms with E-state index in [-0.39, 0.29) is 5.78 Å². The Kier molecular flexibility index (Phi) is 5.43. The number of hydrogen-bond acceptors (Lipinski definition) is 5. The fourth-order valence-corrected chi connectivity index (χ4v) is 4.41. The van der Waals surface area contributed by atoms with Gasteiger partial charge < -0.3 is 9.47 Å². The van der Waals surface area contributed by atoms with Gasteiger partial charge in [-0.2, -0.15) is 0 Å². The summed E-state index contributed by atoms with van der Waals surface area (Å²) in [4.78, 5) is 38.7. The quantitative estimate of drug-likeness (QED) is 0.236. The Balaban J connectivity index is 1.90. The normalized spacial score (nSPS) is 19.0. The lowest BCUT2D eigenvalue weighted by Gasteiger charge is -2.34. The Hall–Kier alpha value is -2.99. The number of fused-ring (bicyclic) bond motifs is 3. The minimum absolute atomic E-state index is 0.157. The van der Waals surface area contributed by atoms with Crippen LogP contribution in [0.25, 0.3) is 10.8 Å². The van der Waals surface area contributed by atoms with E-state index < -0.39 is 29.7 Å². The SMILES string of the molecule is COC(=O)[C@H]1C(=O)Oc2ccc3ccccc3c2[C@H]1[C@@H](C)C(=O)c1ccc(Br)cc1. The van der Waals surface area contributed by atoms with E-state index in [0.29, 0.717) is 16.9 Å². The highest BCUT2D eigenvalue weighted by Crippen LogP contribution is 2.47. The van der Waals surface area contributed by atoms with Crippen LogP contribution < -0.4 is 4.74 Å². The Labute approximate surface area is 182 Å². The second kappa shape index (κ2) is 8.03. The fraction of sp³-hybridized carbons (Fsp3) is 0.208. The van der Waals surface area contributed by atoms with Gasteiger partial charge in [0.15, 0.2) is 11.7 Å². The maximum Gasteiger partial charge on any atom is 0.326 e. The molecule has 0 saturated heterocycles. The van der Waals surface area contributed by atoms with Crippen molar-refractivity contribution in [2.45, 2.75) is 12.8 Å². The molecule has 1 heterocycles. The number of Topliss-reactive ketones (excluding diaryl/α,β-unsaturated/α-hetero) is 1. The Morgan fingerprint density at radius 2 is 1.73 bits per heavy atom. The number of ether oxygens (including phenoxy) is 2. The molecule has 0 aliphatic carbocycles. The molecular weight excluding hydrogens is 448 g/mol. The highest BCUT2D eigenvalue weighted by atomic mass is 79.9. The van der Waals surface area contributed by atoms with Crippen LogP contribution in [0.15, 0.2) is 65.1 Å². The smallest absolute Gasteiger partial charge is 0.326 e. The van der Waals surface area contributed by atoms with E-state index >= 15 is 0 Å². The molecule has 5 nitrogen and oxygen atoms in total. The average molecular weight is 467 g/mol. The number of rotatable bonds is 4. The van der Waals surface area contributed by atoms with Crippen molar-refractivity contribution in [3.8, 4) is 5.75 Å². The topological polar surface area (TPSA) is 69.7 Å². The van der Waals surface area contributed by atoms with Crippen molar-refractivity contribution in [2.75, 3.05) is 7.11 Å². The number of hydrogen-bond donors (Lipinski definition) is 0. The lowest BCUT2D eigenvalue weighted by Crippen LogP contribution is -2.42. The lowest BCUT2D eigenvalue weighted by molar-refractivity contribution is -0.158. The van der Waals surface area contributed by atoms with Crippen LogP contribution in [-0.4, -0.2) is 24.8 Å². The molecule has 1 aliphatic rings. The summed E-state index contributed by atoms with van der Waals surface area (Å²) in [5.41, 5.74) is 1.19. The summed E-state index contributed by atoms with van der Waals surface area (Å²) < 4.78 is 11.3. The van der Waals surface area contributed by atoms with E-state index in [1.54, 1.807) is 37.3 Å². The molecule has 3 aromatic rings. The van der Waals surface area contributed by atoms with Gasteiger partial charge in [-0.15, -0.1) is 0 Å². The van der Waals surface area contributed by atoms with Crippen LogP contribution in [0.4, 0.5) is 0 Å². The minimum atomic E-state index is -1.22. The standard InChI is InChI=1S/C24H19BrO5/c1-13(22(26)15-7-10-16(25)11-8-15)19-20-17-6-4-3-5-14(17)9-12-18(20)30-24(28)21(19)23(27)29-2/h3-13,19,21H,1-2H3/t13-,19-,21+/m1/s1. The molecule has 0 unspecified atom stereocenters. The van der Waals surface area contributed by atoms with Crippen molar-refractivity contribution in [1.29, 1.82) is 0 Å². The molecule has 30 heavy (non-hydrogen) atoms. The van der Waals surface area contributed by atoms with Crippen LogP contribution in [0.1, 0.15) is 28.8 Å². The third-order valence-corrected chi connectivity index (χ3v) is 6.15. The second-order valence-electron chi connectivity index (χ2n) is 7.31. The van der Waals surface area contributed by atoms with Gasteiger partial charge in [0.25, 0.3) is 0 Å². The van der Waals surface area contributed by atoms with Gasteiger partial charge in [0.05, 0.1) is 7.11 Å². The molecule has 1 aliphatic heterocycles.